The summed E-state index contributed by atoms with van der Waals surface area (Å²) in [5.74, 6) is 0.927. The maximum Gasteiger partial charge on any atom is 1.00 e. The van der Waals surface area contributed by atoms with Crippen LogP contribution in [0.25, 0.3) is 0 Å². The van der Waals surface area contributed by atoms with Crippen molar-refractivity contribution in [3.05, 3.63) is 0 Å². The first kappa shape index (κ1) is 9.98. The van der Waals surface area contributed by atoms with Gasteiger partial charge in [0.15, 0.2) is 0 Å². The number of unbranched alkanes of at least 4 members (excludes halogenated alkanes) is 1. The van der Waals surface area contributed by atoms with Crippen molar-refractivity contribution in [2.45, 2.75) is 19.8 Å². The second-order valence-corrected chi connectivity index (χ2v) is 1.47. The molecule has 0 aromatic heterocycles. The van der Waals surface area contributed by atoms with E-state index in [-0.39, 0.29) is 17.1 Å². The van der Waals surface area contributed by atoms with Crippen molar-refractivity contribution < 1.29 is 17.1 Å². The van der Waals surface area contributed by atoms with Gasteiger partial charge in [0.1, 0.15) is 0 Å². The van der Waals surface area contributed by atoms with E-state index in [1.807, 2.05) is 0 Å². The third-order valence-electron chi connectivity index (χ3n) is 0.498. The predicted octanol–water partition coefficient (Wildman–Crippen LogP) is 1.33. The zero-order valence-electron chi connectivity index (χ0n) is 3.83. The Morgan fingerprint density at radius 2 is 2.00 bits per heavy atom. The Morgan fingerprint density at radius 3 is 2.00 bits per heavy atom. The van der Waals surface area contributed by atoms with Crippen LogP contribution in [0.2, 0.25) is 0 Å². The molecule has 0 fully saturated rings. The third-order valence-corrected chi connectivity index (χ3v) is 0.787. The van der Waals surface area contributed by atoms with Crippen molar-refractivity contribution in [2.75, 3.05) is 5.75 Å². The van der Waals surface area contributed by atoms with E-state index in [9.17, 15) is 0 Å². The smallest absolute Gasteiger partial charge is 0.793 e. The molecule has 0 aliphatic heterocycles. The first-order valence-electron chi connectivity index (χ1n) is 2.00. The van der Waals surface area contributed by atoms with E-state index in [1.165, 1.54) is 12.8 Å². The number of rotatable bonds is 2. The largest absolute Gasteiger partial charge is 1.00 e. The molecule has 0 heterocycles. The summed E-state index contributed by atoms with van der Waals surface area (Å²) in [6.45, 7) is 2.15. The van der Waals surface area contributed by atoms with Crippen LogP contribution in [0.4, 0.5) is 0 Å². The van der Waals surface area contributed by atoms with Gasteiger partial charge in [0.05, 0.1) is 0 Å². The first-order chi connectivity index (χ1) is 2.41. The molecule has 0 radical (unpaired) electrons. The van der Waals surface area contributed by atoms with Crippen molar-refractivity contribution in [3.63, 3.8) is 0 Å². The average Bonchev–Trinajstić information content (AvgIpc) is 1.41. The van der Waals surface area contributed by atoms with Gasteiger partial charge >= 0.3 is 17.1 Å². The van der Waals surface area contributed by atoms with E-state index in [4.69, 9.17) is 0 Å². The van der Waals surface area contributed by atoms with Crippen LogP contribution in [-0.4, -0.2) is 5.75 Å². The van der Waals surface area contributed by atoms with E-state index >= 15 is 0 Å². The van der Waals surface area contributed by atoms with Crippen LogP contribution >= 0.6 is 0 Å². The Labute approximate surface area is 55.6 Å². The van der Waals surface area contributed by atoms with Gasteiger partial charge in [-0.25, -0.2) is 0 Å². The summed E-state index contributed by atoms with van der Waals surface area (Å²) < 4.78 is 0. The Hall–Kier alpha value is 0.869. The van der Waals surface area contributed by atoms with Gasteiger partial charge < -0.3 is 12.6 Å². The van der Waals surface area contributed by atoms with Gasteiger partial charge in [0.2, 0.25) is 0 Å². The molecule has 0 bridgehead atoms. The summed E-state index contributed by atoms with van der Waals surface area (Å²) in [5.41, 5.74) is 0. The number of hydrogen-bond donors (Lipinski definition) is 0. The normalized spacial score (nSPS) is 7.00. The molecule has 6 heavy (non-hydrogen) atoms. The molecule has 0 saturated heterocycles. The molecule has 0 aromatic rings. The molecular weight excluding hydrogens is 144 g/mol. The molecule has 0 aromatic carbocycles. The maximum atomic E-state index is 4.65. The van der Waals surface area contributed by atoms with Gasteiger partial charge in [-0.1, -0.05) is 19.8 Å². The van der Waals surface area contributed by atoms with Crippen LogP contribution in [0.5, 0.6) is 0 Å². The van der Waals surface area contributed by atoms with Gasteiger partial charge in [0.25, 0.3) is 0 Å². The first-order valence-corrected chi connectivity index (χ1v) is 2.57. The summed E-state index contributed by atoms with van der Waals surface area (Å²) in [5, 5.41) is 0. The summed E-state index contributed by atoms with van der Waals surface area (Å²) in [4.78, 5) is 0. The van der Waals surface area contributed by atoms with Crippen LogP contribution in [0.3, 0.4) is 0 Å². The molecule has 2 heteroatoms. The zero-order chi connectivity index (χ0) is 4.12. The second kappa shape index (κ2) is 9.30. The number of hydrogen-bond acceptors (Lipinski definition) is 1. The van der Waals surface area contributed by atoms with Crippen LogP contribution in [0.15, 0.2) is 0 Å². The van der Waals surface area contributed by atoms with E-state index in [2.05, 4.69) is 19.6 Å². The van der Waals surface area contributed by atoms with Gasteiger partial charge in [-0.2, -0.15) is 5.75 Å². The Morgan fingerprint density at radius 1 is 1.50 bits per heavy atom. The molecule has 0 saturated carbocycles. The fourth-order valence-electron chi connectivity index (χ4n) is 0.144. The van der Waals surface area contributed by atoms with Crippen LogP contribution in [0.1, 0.15) is 19.8 Å². The predicted molar refractivity (Wildman–Crippen MR) is 27.1 cm³/mol. The molecule has 0 aliphatic carbocycles. The quantitative estimate of drug-likeness (QED) is 0.425. The molecule has 0 nitrogen and oxygen atoms in total. The van der Waals surface area contributed by atoms with Crippen LogP contribution in [-0.2, 0) is 29.7 Å². The molecule has 0 unspecified atom stereocenters. The maximum absolute atomic E-state index is 4.65. The monoisotopic (exact) mass is 152 g/mol. The minimum Gasteiger partial charge on any atom is -0.793 e. The van der Waals surface area contributed by atoms with Gasteiger partial charge in [0, 0.05) is 0 Å². The van der Waals surface area contributed by atoms with Crippen molar-refractivity contribution in [1.82, 2.24) is 0 Å². The fraction of sp³-hybridized carbons (Fsp3) is 1.00. The molecular formula is C4H9CuS. The second-order valence-electron chi connectivity index (χ2n) is 1.06. The Kier molecular flexibility index (Phi) is 15.5. The molecule has 0 amide bonds. The van der Waals surface area contributed by atoms with E-state index < -0.39 is 0 Å². The summed E-state index contributed by atoms with van der Waals surface area (Å²) >= 11 is 4.65. The van der Waals surface area contributed by atoms with E-state index in [0.717, 1.165) is 5.75 Å². The van der Waals surface area contributed by atoms with Gasteiger partial charge in [-0.15, -0.1) is 0 Å². The van der Waals surface area contributed by atoms with Crippen molar-refractivity contribution >= 4 is 12.6 Å². The van der Waals surface area contributed by atoms with Crippen LogP contribution in [0, 0.1) is 0 Å². The molecule has 0 rings (SSSR count). The molecule has 0 spiro atoms. The fourth-order valence-corrected chi connectivity index (χ4v) is 0.433. The topological polar surface area (TPSA) is 0 Å². The molecule has 0 N–H and O–H groups in total. The van der Waals surface area contributed by atoms with Crippen molar-refractivity contribution in [2.24, 2.45) is 0 Å². The minimum atomic E-state index is 0. The SMILES string of the molecule is CCCC[S-].[Cu+]. The standard InChI is InChI=1S/C4H10S.Cu/c1-2-3-4-5;/h5H,2-4H2,1H3;/q;+1/p-1. The third kappa shape index (κ3) is 8.85. The minimum absolute atomic E-state index is 0. The average molecular weight is 153 g/mol. The van der Waals surface area contributed by atoms with Gasteiger partial charge in [-0.3, -0.25) is 0 Å². The van der Waals surface area contributed by atoms with E-state index in [1.54, 1.807) is 0 Å². The molecule has 42 valence electrons. The Bertz CT molecular complexity index is 15.0. The van der Waals surface area contributed by atoms with E-state index in [0.29, 0.717) is 0 Å². The summed E-state index contributed by atoms with van der Waals surface area (Å²) in [7, 11) is 0. The summed E-state index contributed by atoms with van der Waals surface area (Å²) in [6.07, 6.45) is 2.44. The zero-order valence-corrected chi connectivity index (χ0v) is 5.59. The van der Waals surface area contributed by atoms with Crippen molar-refractivity contribution in [1.29, 1.82) is 0 Å². The van der Waals surface area contributed by atoms with Crippen molar-refractivity contribution in [3.8, 4) is 0 Å². The van der Waals surface area contributed by atoms with Crippen LogP contribution < -0.4 is 0 Å². The Balaban J connectivity index is 0. The van der Waals surface area contributed by atoms with Gasteiger partial charge in [-0.05, 0) is 0 Å². The molecule has 0 aliphatic rings. The summed E-state index contributed by atoms with van der Waals surface area (Å²) in [6, 6.07) is 0. The molecule has 0 atom stereocenters.